The van der Waals surface area contributed by atoms with Crippen LogP contribution in [-0.4, -0.2) is 83.2 Å². The molecule has 0 fully saturated rings. The highest BCUT2D eigenvalue weighted by atomic mass is 19.4. The molecule has 1 N–H and O–H groups in total. The van der Waals surface area contributed by atoms with Gasteiger partial charge < -0.3 is 29.5 Å². The van der Waals surface area contributed by atoms with Crippen molar-refractivity contribution in [2.24, 2.45) is 5.41 Å². The third-order valence-electron chi connectivity index (χ3n) is 6.88. The van der Waals surface area contributed by atoms with Crippen LogP contribution >= 0.6 is 0 Å². The summed E-state index contributed by atoms with van der Waals surface area (Å²) in [4.78, 5) is 46.7. The summed E-state index contributed by atoms with van der Waals surface area (Å²) in [6, 6.07) is 7.66. The molecule has 0 bridgehead atoms. The van der Waals surface area contributed by atoms with Gasteiger partial charge in [-0.1, -0.05) is 32.9 Å². The minimum Gasteiger partial charge on any atom is -0.449 e. The number of alkyl halides is 3. The van der Waals surface area contributed by atoms with Crippen LogP contribution in [0.15, 0.2) is 36.5 Å². The Kier molecular flexibility index (Phi) is 11.3. The van der Waals surface area contributed by atoms with Gasteiger partial charge in [0.15, 0.2) is 0 Å². The number of amides is 3. The lowest BCUT2D eigenvalue weighted by atomic mass is 9.97. The Labute approximate surface area is 262 Å². The van der Waals surface area contributed by atoms with E-state index in [1.165, 1.54) is 29.1 Å². The summed E-state index contributed by atoms with van der Waals surface area (Å²) < 4.78 is 52.0. The van der Waals surface area contributed by atoms with Crippen molar-refractivity contribution in [3.05, 3.63) is 58.9 Å². The summed E-state index contributed by atoms with van der Waals surface area (Å²) in [5.41, 5.74) is 0.433. The Morgan fingerprint density at radius 1 is 1.02 bits per heavy atom. The molecule has 0 unspecified atom stereocenters. The predicted molar refractivity (Wildman–Crippen MR) is 163 cm³/mol. The summed E-state index contributed by atoms with van der Waals surface area (Å²) in [7, 11) is 1.50. The SMILES string of the molecule is CN(CCN(Cc1ncccc1C(F)(F)F)C(=O)CNc1cccc2c1CCN(C(=O)OCC(C)(C)C)C2)C(=O)OC(C)(C)C. The van der Waals surface area contributed by atoms with Gasteiger partial charge in [-0.2, -0.15) is 13.2 Å². The van der Waals surface area contributed by atoms with E-state index in [4.69, 9.17) is 9.47 Å². The van der Waals surface area contributed by atoms with Gasteiger partial charge in [0.1, 0.15) is 5.60 Å². The summed E-state index contributed by atoms with van der Waals surface area (Å²) in [6.45, 7) is 11.6. The van der Waals surface area contributed by atoms with Gasteiger partial charge in [0.25, 0.3) is 0 Å². The molecule has 0 saturated heterocycles. The normalized spacial score (nSPS) is 13.5. The Hall–Kier alpha value is -4.03. The lowest BCUT2D eigenvalue weighted by molar-refractivity contribution is -0.140. The fraction of sp³-hybridized carbons (Fsp3) is 0.562. The zero-order valence-corrected chi connectivity index (χ0v) is 27.1. The molecular formula is C32H44F3N5O5. The molecule has 10 nitrogen and oxygen atoms in total. The number of likely N-dealkylation sites (N-methyl/N-ethyl adjacent to an activating group) is 1. The molecule has 1 aliphatic heterocycles. The van der Waals surface area contributed by atoms with E-state index in [0.717, 1.165) is 17.2 Å². The van der Waals surface area contributed by atoms with Crippen molar-refractivity contribution in [3.63, 3.8) is 0 Å². The molecule has 0 radical (unpaired) electrons. The lowest BCUT2D eigenvalue weighted by Gasteiger charge is -2.31. The zero-order chi connectivity index (χ0) is 33.6. The molecule has 0 spiro atoms. The predicted octanol–water partition coefficient (Wildman–Crippen LogP) is 5.95. The summed E-state index contributed by atoms with van der Waals surface area (Å²) in [5.74, 6) is -0.479. The first-order valence-corrected chi connectivity index (χ1v) is 14.8. The third kappa shape index (κ3) is 10.8. The standard InChI is InChI=1S/C32H44F3N5O5/c1-30(2,3)21-44-29(43)40-15-13-23-22(19-40)10-8-12-25(23)37-18-27(41)39(17-16-38(7)28(42)45-31(4,5)6)20-26-24(32(33,34)35)11-9-14-36-26/h8-12,14,37H,13,15-21H2,1-7H3. The Bertz CT molecular complexity index is 1350. The maximum Gasteiger partial charge on any atom is 0.418 e. The van der Waals surface area contributed by atoms with E-state index in [9.17, 15) is 27.6 Å². The van der Waals surface area contributed by atoms with Crippen LogP contribution in [0.5, 0.6) is 0 Å². The molecule has 1 aromatic heterocycles. The number of aromatic nitrogens is 1. The molecule has 0 saturated carbocycles. The van der Waals surface area contributed by atoms with Crippen LogP contribution in [0.25, 0.3) is 0 Å². The molecule has 1 aromatic carbocycles. The van der Waals surface area contributed by atoms with Crippen LogP contribution in [0.3, 0.4) is 0 Å². The topological polar surface area (TPSA) is 104 Å². The highest BCUT2D eigenvalue weighted by molar-refractivity contribution is 5.81. The summed E-state index contributed by atoms with van der Waals surface area (Å²) in [5, 5.41) is 3.14. The quantitative estimate of drug-likeness (QED) is 0.363. The van der Waals surface area contributed by atoms with E-state index in [0.29, 0.717) is 31.8 Å². The van der Waals surface area contributed by atoms with Crippen LogP contribution in [0, 0.1) is 5.41 Å². The number of ether oxygens (including phenoxy) is 2. The Morgan fingerprint density at radius 3 is 2.38 bits per heavy atom. The van der Waals surface area contributed by atoms with Crippen LogP contribution < -0.4 is 5.32 Å². The van der Waals surface area contributed by atoms with Gasteiger partial charge in [-0.25, -0.2) is 9.59 Å². The molecule has 13 heteroatoms. The van der Waals surface area contributed by atoms with E-state index in [1.807, 2.05) is 39.0 Å². The van der Waals surface area contributed by atoms with E-state index in [1.54, 1.807) is 25.7 Å². The molecule has 45 heavy (non-hydrogen) atoms. The number of hydrogen-bond acceptors (Lipinski definition) is 7. The minimum absolute atomic E-state index is 0.0245. The van der Waals surface area contributed by atoms with E-state index >= 15 is 0 Å². The fourth-order valence-corrected chi connectivity index (χ4v) is 4.58. The van der Waals surface area contributed by atoms with Crippen LogP contribution in [0.4, 0.5) is 28.4 Å². The average molecular weight is 636 g/mol. The zero-order valence-electron chi connectivity index (χ0n) is 27.1. The van der Waals surface area contributed by atoms with Crippen molar-refractivity contribution in [3.8, 4) is 0 Å². The van der Waals surface area contributed by atoms with Crippen LogP contribution in [0.2, 0.25) is 0 Å². The molecule has 2 heterocycles. The number of fused-ring (bicyclic) bond motifs is 1. The first-order chi connectivity index (χ1) is 20.8. The summed E-state index contributed by atoms with van der Waals surface area (Å²) in [6.07, 6.45) is -3.88. The molecule has 0 aliphatic carbocycles. The lowest BCUT2D eigenvalue weighted by Crippen LogP contribution is -2.43. The number of nitrogens with one attached hydrogen (secondary N) is 1. The number of halogens is 3. The van der Waals surface area contributed by atoms with Crippen molar-refractivity contribution in [1.82, 2.24) is 19.7 Å². The van der Waals surface area contributed by atoms with Gasteiger partial charge in [-0.05, 0) is 61.9 Å². The van der Waals surface area contributed by atoms with Crippen molar-refractivity contribution < 1.29 is 37.0 Å². The molecule has 1 aliphatic rings. The van der Waals surface area contributed by atoms with E-state index in [-0.39, 0.29) is 36.8 Å². The van der Waals surface area contributed by atoms with Gasteiger partial charge >= 0.3 is 18.4 Å². The van der Waals surface area contributed by atoms with Gasteiger partial charge in [-0.3, -0.25) is 9.78 Å². The van der Waals surface area contributed by atoms with Crippen molar-refractivity contribution in [1.29, 1.82) is 0 Å². The second-order valence-electron chi connectivity index (χ2n) is 13.3. The highest BCUT2D eigenvalue weighted by Gasteiger charge is 2.35. The van der Waals surface area contributed by atoms with Crippen LogP contribution in [-0.2, 0) is 40.0 Å². The third-order valence-corrected chi connectivity index (χ3v) is 6.88. The van der Waals surface area contributed by atoms with Crippen molar-refractivity contribution >= 4 is 23.8 Å². The van der Waals surface area contributed by atoms with Gasteiger partial charge in [-0.15, -0.1) is 0 Å². The van der Waals surface area contributed by atoms with Crippen molar-refractivity contribution in [2.45, 2.75) is 72.8 Å². The first-order valence-electron chi connectivity index (χ1n) is 14.8. The second kappa shape index (κ2) is 14.4. The Balaban J connectivity index is 1.74. The van der Waals surface area contributed by atoms with Gasteiger partial charge in [0, 0.05) is 45.1 Å². The minimum atomic E-state index is -4.65. The number of benzene rings is 1. The summed E-state index contributed by atoms with van der Waals surface area (Å²) >= 11 is 0. The van der Waals surface area contributed by atoms with Crippen LogP contribution in [0.1, 0.15) is 63.9 Å². The second-order valence-corrected chi connectivity index (χ2v) is 13.3. The Morgan fingerprint density at radius 2 is 1.73 bits per heavy atom. The number of pyridine rings is 1. The molecule has 248 valence electrons. The molecule has 3 amide bonds. The monoisotopic (exact) mass is 635 g/mol. The largest absolute Gasteiger partial charge is 0.449 e. The molecule has 3 rings (SSSR count). The average Bonchev–Trinajstić information content (AvgIpc) is 2.94. The number of rotatable bonds is 9. The van der Waals surface area contributed by atoms with Gasteiger partial charge in [0.2, 0.25) is 5.91 Å². The fourth-order valence-electron chi connectivity index (χ4n) is 4.58. The molecule has 0 atom stereocenters. The first kappa shape index (κ1) is 35.4. The highest BCUT2D eigenvalue weighted by Crippen LogP contribution is 2.32. The van der Waals surface area contributed by atoms with E-state index in [2.05, 4.69) is 10.3 Å². The number of anilines is 1. The van der Waals surface area contributed by atoms with E-state index < -0.39 is 35.9 Å². The molecule has 2 aromatic rings. The maximum absolute atomic E-state index is 13.7. The van der Waals surface area contributed by atoms with Crippen molar-refractivity contribution in [2.75, 3.05) is 45.2 Å². The smallest absolute Gasteiger partial charge is 0.418 e. The molecular weight excluding hydrogens is 591 g/mol. The maximum atomic E-state index is 13.7. The number of nitrogens with zero attached hydrogens (tertiary/aromatic N) is 4. The van der Waals surface area contributed by atoms with Gasteiger partial charge in [0.05, 0.1) is 31.0 Å². The number of carbonyl (C=O) groups is 3. The number of hydrogen-bond donors (Lipinski definition) is 1. The number of carbonyl (C=O) groups excluding carboxylic acids is 3.